The standard InChI is InChI=1S/C25H13Br2ClF3N3O6/c1-11-2-4-14(28)10-18(11)33-23(36)15(22(35)32-24(33)37)6-12-7-16(26)21(17(27)8-12)40-20-5-3-13(25(29,30)31)9-19(20)34(38)39/h2-10H,1H3,(H,32,35,37)/b15-6+. The first-order chi connectivity index (χ1) is 18.7. The van der Waals surface area contributed by atoms with E-state index in [1.165, 1.54) is 24.3 Å². The Morgan fingerprint density at radius 2 is 1.70 bits per heavy atom. The Labute approximate surface area is 245 Å². The summed E-state index contributed by atoms with van der Waals surface area (Å²) >= 11 is 12.5. The van der Waals surface area contributed by atoms with Gasteiger partial charge in [-0.05, 0) is 92.4 Å². The molecule has 40 heavy (non-hydrogen) atoms. The predicted molar refractivity (Wildman–Crippen MR) is 145 cm³/mol. The van der Waals surface area contributed by atoms with Gasteiger partial charge in [-0.2, -0.15) is 13.2 Å². The summed E-state index contributed by atoms with van der Waals surface area (Å²) in [5.74, 6) is -2.35. The number of halogens is 6. The summed E-state index contributed by atoms with van der Waals surface area (Å²) in [7, 11) is 0. The van der Waals surface area contributed by atoms with Crippen molar-refractivity contribution in [2.45, 2.75) is 13.1 Å². The van der Waals surface area contributed by atoms with E-state index in [9.17, 15) is 37.7 Å². The van der Waals surface area contributed by atoms with Crippen LogP contribution in [-0.4, -0.2) is 22.8 Å². The molecule has 0 aliphatic carbocycles. The molecule has 0 spiro atoms. The monoisotopic (exact) mass is 701 g/mol. The number of urea groups is 1. The summed E-state index contributed by atoms with van der Waals surface area (Å²) in [5, 5.41) is 13.8. The van der Waals surface area contributed by atoms with Gasteiger partial charge in [0.2, 0.25) is 5.75 Å². The molecule has 1 heterocycles. The number of benzene rings is 3. The number of nitrogens with one attached hydrogen (secondary N) is 1. The Hall–Kier alpha value is -3.75. The molecule has 0 atom stereocenters. The van der Waals surface area contributed by atoms with Crippen LogP contribution in [0, 0.1) is 17.0 Å². The van der Waals surface area contributed by atoms with E-state index in [-0.39, 0.29) is 36.5 Å². The molecule has 4 rings (SSSR count). The summed E-state index contributed by atoms with van der Waals surface area (Å²) in [6, 6.07) is 8.25. The third kappa shape index (κ3) is 5.88. The molecule has 0 unspecified atom stereocenters. The number of carbonyl (C=O) groups is 3. The smallest absolute Gasteiger partial charge is 0.416 e. The molecule has 206 valence electrons. The number of rotatable bonds is 5. The number of amides is 4. The van der Waals surface area contributed by atoms with Gasteiger partial charge in [-0.15, -0.1) is 0 Å². The van der Waals surface area contributed by atoms with E-state index >= 15 is 0 Å². The van der Waals surface area contributed by atoms with Crippen LogP contribution in [0.2, 0.25) is 5.02 Å². The molecule has 0 aromatic heterocycles. The number of imide groups is 2. The van der Waals surface area contributed by atoms with E-state index in [1.807, 2.05) is 0 Å². The molecule has 0 radical (unpaired) electrons. The zero-order valence-corrected chi connectivity index (χ0v) is 23.7. The molecule has 3 aromatic carbocycles. The van der Waals surface area contributed by atoms with E-state index in [1.54, 1.807) is 19.1 Å². The van der Waals surface area contributed by atoms with Gasteiger partial charge in [0.25, 0.3) is 11.8 Å². The number of nitrogens with zero attached hydrogens (tertiary/aromatic N) is 2. The number of hydrogen-bond acceptors (Lipinski definition) is 6. The highest BCUT2D eigenvalue weighted by molar-refractivity contribution is 9.11. The molecular formula is C25H13Br2ClF3N3O6. The molecule has 1 N–H and O–H groups in total. The lowest BCUT2D eigenvalue weighted by Gasteiger charge is -2.27. The van der Waals surface area contributed by atoms with Crippen molar-refractivity contribution in [1.29, 1.82) is 0 Å². The van der Waals surface area contributed by atoms with Gasteiger partial charge >= 0.3 is 17.9 Å². The number of anilines is 1. The number of barbiturate groups is 1. The highest BCUT2D eigenvalue weighted by atomic mass is 79.9. The van der Waals surface area contributed by atoms with Gasteiger partial charge in [0.15, 0.2) is 5.75 Å². The van der Waals surface area contributed by atoms with Crippen LogP contribution in [-0.2, 0) is 15.8 Å². The quantitative estimate of drug-likeness (QED) is 0.127. The van der Waals surface area contributed by atoms with Gasteiger partial charge in [-0.3, -0.25) is 25.0 Å². The predicted octanol–water partition coefficient (Wildman–Crippen LogP) is 7.56. The van der Waals surface area contributed by atoms with E-state index in [0.717, 1.165) is 11.0 Å². The van der Waals surface area contributed by atoms with Crippen molar-refractivity contribution in [3.05, 3.63) is 94.9 Å². The van der Waals surface area contributed by atoms with Crippen molar-refractivity contribution in [2.75, 3.05) is 4.90 Å². The lowest BCUT2D eigenvalue weighted by atomic mass is 10.1. The maximum absolute atomic E-state index is 13.2. The summed E-state index contributed by atoms with van der Waals surface area (Å²) in [6.07, 6.45) is -3.59. The van der Waals surface area contributed by atoms with E-state index < -0.39 is 45.9 Å². The van der Waals surface area contributed by atoms with Gasteiger partial charge in [0.1, 0.15) is 5.57 Å². The van der Waals surface area contributed by atoms with Crippen molar-refractivity contribution < 1.29 is 37.2 Å². The fraction of sp³-hybridized carbons (Fsp3) is 0.0800. The van der Waals surface area contributed by atoms with Crippen LogP contribution in [0.25, 0.3) is 6.08 Å². The van der Waals surface area contributed by atoms with Crippen LogP contribution >= 0.6 is 43.5 Å². The van der Waals surface area contributed by atoms with Gasteiger partial charge in [0.05, 0.1) is 25.1 Å². The Morgan fingerprint density at radius 1 is 1.05 bits per heavy atom. The molecule has 9 nitrogen and oxygen atoms in total. The van der Waals surface area contributed by atoms with Crippen molar-refractivity contribution in [3.63, 3.8) is 0 Å². The lowest BCUT2D eigenvalue weighted by Crippen LogP contribution is -2.54. The van der Waals surface area contributed by atoms with E-state index in [2.05, 4.69) is 37.2 Å². The maximum atomic E-state index is 13.2. The second kappa shape index (κ2) is 11.0. The summed E-state index contributed by atoms with van der Waals surface area (Å²) < 4.78 is 45.0. The van der Waals surface area contributed by atoms with Crippen LogP contribution in [0.1, 0.15) is 16.7 Å². The minimum Gasteiger partial charge on any atom is -0.448 e. The summed E-state index contributed by atoms with van der Waals surface area (Å²) in [6.45, 7) is 1.65. The van der Waals surface area contributed by atoms with Crippen LogP contribution in [0.5, 0.6) is 11.5 Å². The number of nitro benzene ring substituents is 1. The largest absolute Gasteiger partial charge is 0.448 e. The van der Waals surface area contributed by atoms with Crippen molar-refractivity contribution >= 4 is 78.8 Å². The van der Waals surface area contributed by atoms with Crippen LogP contribution < -0.4 is 15.0 Å². The fourth-order valence-corrected chi connectivity index (χ4v) is 5.21. The molecule has 4 amide bonds. The SMILES string of the molecule is Cc1ccc(Cl)cc1N1C(=O)NC(=O)/C(=C\c2cc(Br)c(Oc3ccc(C(F)(F)F)cc3[N+](=O)[O-])c(Br)c2)C1=O. The average Bonchev–Trinajstić information content (AvgIpc) is 2.85. The maximum Gasteiger partial charge on any atom is 0.416 e. The minimum atomic E-state index is -4.80. The molecule has 1 saturated heterocycles. The Balaban J connectivity index is 1.70. The molecule has 1 aliphatic heterocycles. The molecule has 15 heteroatoms. The number of ether oxygens (including phenoxy) is 1. The number of alkyl halides is 3. The van der Waals surface area contributed by atoms with E-state index in [0.29, 0.717) is 17.7 Å². The zero-order valence-electron chi connectivity index (χ0n) is 19.8. The minimum absolute atomic E-state index is 0.0317. The zero-order chi connectivity index (χ0) is 29.5. The molecule has 0 bridgehead atoms. The van der Waals surface area contributed by atoms with E-state index in [4.69, 9.17) is 16.3 Å². The Kier molecular flexibility index (Phi) is 8.06. The number of nitro groups is 1. The average molecular weight is 704 g/mol. The van der Waals surface area contributed by atoms with Gasteiger partial charge < -0.3 is 4.74 Å². The van der Waals surface area contributed by atoms with Crippen LogP contribution in [0.3, 0.4) is 0 Å². The Bertz CT molecular complexity index is 1620. The van der Waals surface area contributed by atoms with Gasteiger partial charge in [-0.25, -0.2) is 9.69 Å². The van der Waals surface area contributed by atoms with Crippen molar-refractivity contribution in [1.82, 2.24) is 5.32 Å². The lowest BCUT2D eigenvalue weighted by molar-refractivity contribution is -0.385. The van der Waals surface area contributed by atoms with Crippen LogP contribution in [0.4, 0.5) is 29.3 Å². The first kappa shape index (κ1) is 29.2. The fourth-order valence-electron chi connectivity index (χ4n) is 3.66. The number of aryl methyl sites for hydroxylation is 1. The second-order valence-corrected chi connectivity index (χ2v) is 10.4. The second-order valence-electron chi connectivity index (χ2n) is 8.24. The van der Waals surface area contributed by atoms with Crippen molar-refractivity contribution in [2.24, 2.45) is 0 Å². The van der Waals surface area contributed by atoms with Crippen LogP contribution in [0.15, 0.2) is 63.0 Å². The summed E-state index contributed by atoms with van der Waals surface area (Å²) in [5.41, 5.74) is -1.52. The number of carbonyl (C=O) groups excluding carboxylic acids is 3. The normalized spacial score (nSPS) is 14.9. The van der Waals surface area contributed by atoms with Gasteiger partial charge in [0, 0.05) is 11.1 Å². The van der Waals surface area contributed by atoms with Crippen molar-refractivity contribution in [3.8, 4) is 11.5 Å². The molecule has 1 aliphatic rings. The molecular weight excluding hydrogens is 691 g/mol. The Morgan fingerprint density at radius 3 is 2.30 bits per heavy atom. The third-order valence-corrected chi connectivity index (χ3v) is 6.95. The highest BCUT2D eigenvalue weighted by Crippen LogP contribution is 2.43. The third-order valence-electron chi connectivity index (χ3n) is 5.54. The molecule has 1 fully saturated rings. The van der Waals surface area contributed by atoms with Gasteiger partial charge in [-0.1, -0.05) is 17.7 Å². The number of hydrogen-bond donors (Lipinski definition) is 1. The topological polar surface area (TPSA) is 119 Å². The first-order valence-corrected chi connectivity index (χ1v) is 12.8. The molecule has 0 saturated carbocycles. The molecule has 3 aromatic rings. The summed E-state index contributed by atoms with van der Waals surface area (Å²) in [4.78, 5) is 49.5. The highest BCUT2D eigenvalue weighted by Gasteiger charge is 2.38. The first-order valence-electron chi connectivity index (χ1n) is 10.9.